The molecule has 1 aromatic carbocycles. The Hall–Kier alpha value is -1.31. The number of hydrogen-bond acceptors (Lipinski definition) is 2. The fourth-order valence-corrected chi connectivity index (χ4v) is 1.97. The Morgan fingerprint density at radius 3 is 2.80 bits per heavy atom. The normalized spacial score (nSPS) is 19.0. The summed E-state index contributed by atoms with van der Waals surface area (Å²) in [5.74, 6) is 0.941. The van der Waals surface area contributed by atoms with Crippen molar-refractivity contribution >= 4 is 5.78 Å². The van der Waals surface area contributed by atoms with E-state index in [0.717, 1.165) is 16.9 Å². The molecule has 15 heavy (non-hydrogen) atoms. The molecule has 0 saturated carbocycles. The van der Waals surface area contributed by atoms with Crippen LogP contribution in [0, 0.1) is 12.3 Å². The van der Waals surface area contributed by atoms with Crippen LogP contribution in [0.4, 0.5) is 0 Å². The number of fused-ring (bicyclic) bond motifs is 1. The lowest BCUT2D eigenvalue weighted by Gasteiger charge is -2.19. The van der Waals surface area contributed by atoms with Gasteiger partial charge in [-0.15, -0.1) is 0 Å². The average molecular weight is 204 g/mol. The number of ether oxygens (including phenoxy) is 1. The van der Waals surface area contributed by atoms with Gasteiger partial charge in [0.1, 0.15) is 5.75 Å². The highest BCUT2D eigenvalue weighted by Gasteiger charge is 2.29. The van der Waals surface area contributed by atoms with Crippen molar-refractivity contribution in [1.82, 2.24) is 0 Å². The third-order valence-electron chi connectivity index (χ3n) is 2.77. The Kier molecular flexibility index (Phi) is 2.29. The molecule has 0 spiro atoms. The van der Waals surface area contributed by atoms with Gasteiger partial charge in [-0.05, 0) is 18.6 Å². The Balaban J connectivity index is 2.49. The van der Waals surface area contributed by atoms with Crippen LogP contribution in [-0.4, -0.2) is 12.4 Å². The van der Waals surface area contributed by atoms with E-state index in [1.165, 1.54) is 0 Å². The topological polar surface area (TPSA) is 26.3 Å². The van der Waals surface area contributed by atoms with Crippen LogP contribution < -0.4 is 4.74 Å². The van der Waals surface area contributed by atoms with Gasteiger partial charge in [0.25, 0.3) is 0 Å². The Morgan fingerprint density at radius 2 is 2.07 bits per heavy atom. The lowest BCUT2D eigenvalue weighted by molar-refractivity contribution is 0.0917. The van der Waals surface area contributed by atoms with Crippen LogP contribution in [0.5, 0.6) is 5.75 Å². The molecule has 0 fully saturated rings. The zero-order chi connectivity index (χ0) is 11.1. The second-order valence-corrected chi connectivity index (χ2v) is 5.00. The second kappa shape index (κ2) is 3.37. The number of carbonyl (C=O) groups is 1. The lowest BCUT2D eigenvalue weighted by atomic mass is 9.86. The van der Waals surface area contributed by atoms with E-state index in [0.29, 0.717) is 13.0 Å². The number of rotatable bonds is 0. The molecule has 0 N–H and O–H groups in total. The van der Waals surface area contributed by atoms with Crippen molar-refractivity contribution in [2.45, 2.75) is 27.2 Å². The number of hydrogen-bond donors (Lipinski definition) is 0. The molecule has 80 valence electrons. The van der Waals surface area contributed by atoms with Crippen molar-refractivity contribution in [3.8, 4) is 5.75 Å². The monoisotopic (exact) mass is 204 g/mol. The molecular weight excluding hydrogens is 188 g/mol. The first kappa shape index (κ1) is 10.2. The van der Waals surface area contributed by atoms with Crippen LogP contribution in [0.25, 0.3) is 0 Å². The zero-order valence-electron chi connectivity index (χ0n) is 9.46. The number of ketones is 1. The van der Waals surface area contributed by atoms with Crippen LogP contribution in [0.15, 0.2) is 18.2 Å². The highest BCUT2D eigenvalue weighted by molar-refractivity contribution is 6.00. The molecule has 0 aliphatic carbocycles. The SMILES string of the molecule is Cc1cccc2c1C(=O)CC(C)(C)CO2. The summed E-state index contributed by atoms with van der Waals surface area (Å²) in [6.07, 6.45) is 0.560. The second-order valence-electron chi connectivity index (χ2n) is 5.00. The van der Waals surface area contributed by atoms with Gasteiger partial charge in [0.15, 0.2) is 5.78 Å². The van der Waals surface area contributed by atoms with E-state index in [1.807, 2.05) is 25.1 Å². The van der Waals surface area contributed by atoms with E-state index in [4.69, 9.17) is 4.74 Å². The van der Waals surface area contributed by atoms with Gasteiger partial charge in [-0.3, -0.25) is 4.79 Å². The van der Waals surface area contributed by atoms with Gasteiger partial charge < -0.3 is 4.74 Å². The maximum absolute atomic E-state index is 12.1. The molecule has 1 aliphatic rings. The summed E-state index contributed by atoms with van der Waals surface area (Å²) in [5, 5.41) is 0. The highest BCUT2D eigenvalue weighted by atomic mass is 16.5. The summed E-state index contributed by atoms with van der Waals surface area (Å²) in [7, 11) is 0. The Bertz CT molecular complexity index is 405. The Labute approximate surface area is 90.3 Å². The summed E-state index contributed by atoms with van der Waals surface area (Å²) >= 11 is 0. The lowest BCUT2D eigenvalue weighted by Crippen LogP contribution is -2.21. The van der Waals surface area contributed by atoms with Crippen LogP contribution in [0.1, 0.15) is 36.2 Å². The van der Waals surface area contributed by atoms with Gasteiger partial charge in [-0.2, -0.15) is 0 Å². The third-order valence-corrected chi connectivity index (χ3v) is 2.77. The smallest absolute Gasteiger partial charge is 0.167 e. The van der Waals surface area contributed by atoms with E-state index >= 15 is 0 Å². The van der Waals surface area contributed by atoms with Crippen molar-refractivity contribution < 1.29 is 9.53 Å². The summed E-state index contributed by atoms with van der Waals surface area (Å²) in [6, 6.07) is 5.76. The van der Waals surface area contributed by atoms with Crippen molar-refractivity contribution in [1.29, 1.82) is 0 Å². The van der Waals surface area contributed by atoms with Crippen molar-refractivity contribution in [2.24, 2.45) is 5.41 Å². The van der Waals surface area contributed by atoms with Gasteiger partial charge in [0.2, 0.25) is 0 Å². The minimum atomic E-state index is -0.0669. The van der Waals surface area contributed by atoms with E-state index in [9.17, 15) is 4.79 Å². The predicted molar refractivity (Wildman–Crippen MR) is 59.4 cm³/mol. The molecule has 0 aromatic heterocycles. The summed E-state index contributed by atoms with van der Waals surface area (Å²) in [5.41, 5.74) is 1.71. The quantitative estimate of drug-likeness (QED) is 0.649. The Morgan fingerprint density at radius 1 is 1.33 bits per heavy atom. The molecule has 1 aromatic rings. The van der Waals surface area contributed by atoms with Crippen LogP contribution >= 0.6 is 0 Å². The van der Waals surface area contributed by atoms with Gasteiger partial charge >= 0.3 is 0 Å². The van der Waals surface area contributed by atoms with E-state index in [-0.39, 0.29) is 11.2 Å². The standard InChI is InChI=1S/C13H16O2/c1-9-5-4-6-11-12(9)10(14)7-13(2,3)8-15-11/h4-6H,7-8H2,1-3H3. The first-order valence-corrected chi connectivity index (χ1v) is 5.25. The summed E-state index contributed by atoms with van der Waals surface area (Å²) in [6.45, 7) is 6.69. The van der Waals surface area contributed by atoms with Crippen LogP contribution in [-0.2, 0) is 0 Å². The summed E-state index contributed by atoms with van der Waals surface area (Å²) < 4.78 is 5.69. The predicted octanol–water partition coefficient (Wildman–Crippen LogP) is 2.99. The van der Waals surface area contributed by atoms with Crippen LogP contribution in [0.3, 0.4) is 0 Å². The first-order valence-electron chi connectivity index (χ1n) is 5.25. The highest BCUT2D eigenvalue weighted by Crippen LogP contribution is 2.33. The number of benzene rings is 1. The molecular formula is C13H16O2. The average Bonchev–Trinajstić information content (AvgIpc) is 2.24. The molecule has 1 heterocycles. The number of Topliss-reactive ketones (excluding diaryl/α,β-unsaturated/α-hetero) is 1. The van der Waals surface area contributed by atoms with E-state index in [1.54, 1.807) is 0 Å². The maximum Gasteiger partial charge on any atom is 0.167 e. The molecule has 0 saturated heterocycles. The molecule has 2 nitrogen and oxygen atoms in total. The van der Waals surface area contributed by atoms with Gasteiger partial charge in [-0.25, -0.2) is 0 Å². The van der Waals surface area contributed by atoms with Gasteiger partial charge in [0, 0.05) is 11.8 Å². The minimum Gasteiger partial charge on any atom is -0.492 e. The fraction of sp³-hybridized carbons (Fsp3) is 0.462. The zero-order valence-corrected chi connectivity index (χ0v) is 9.46. The minimum absolute atomic E-state index is 0.0669. The fourth-order valence-electron chi connectivity index (χ4n) is 1.97. The third kappa shape index (κ3) is 1.89. The van der Waals surface area contributed by atoms with Gasteiger partial charge in [-0.1, -0.05) is 26.0 Å². The molecule has 0 bridgehead atoms. The largest absolute Gasteiger partial charge is 0.492 e. The van der Waals surface area contributed by atoms with E-state index < -0.39 is 0 Å². The molecule has 0 amide bonds. The molecule has 2 heteroatoms. The van der Waals surface area contributed by atoms with Gasteiger partial charge in [0.05, 0.1) is 12.2 Å². The number of carbonyl (C=O) groups excluding carboxylic acids is 1. The van der Waals surface area contributed by atoms with Crippen molar-refractivity contribution in [3.63, 3.8) is 0 Å². The molecule has 0 atom stereocenters. The van der Waals surface area contributed by atoms with Crippen molar-refractivity contribution in [3.05, 3.63) is 29.3 Å². The maximum atomic E-state index is 12.1. The first-order chi connectivity index (χ1) is 6.99. The molecule has 2 rings (SSSR count). The van der Waals surface area contributed by atoms with Crippen LogP contribution in [0.2, 0.25) is 0 Å². The number of aryl methyl sites for hydroxylation is 1. The molecule has 0 radical (unpaired) electrons. The summed E-state index contributed by atoms with van der Waals surface area (Å²) in [4.78, 5) is 12.1. The molecule has 0 unspecified atom stereocenters. The van der Waals surface area contributed by atoms with Crippen molar-refractivity contribution in [2.75, 3.05) is 6.61 Å². The van der Waals surface area contributed by atoms with E-state index in [2.05, 4.69) is 13.8 Å². The molecule has 1 aliphatic heterocycles.